The number of nitro groups is 1. The van der Waals surface area contributed by atoms with Crippen LogP contribution in [0.5, 0.6) is 5.75 Å². The summed E-state index contributed by atoms with van der Waals surface area (Å²) in [5.41, 5.74) is 1.24. The molecule has 0 saturated carbocycles. The van der Waals surface area contributed by atoms with Crippen molar-refractivity contribution in [2.75, 3.05) is 6.61 Å². The summed E-state index contributed by atoms with van der Waals surface area (Å²) in [5.74, 6) is 0.0586. The lowest BCUT2D eigenvalue weighted by molar-refractivity contribution is -0.384. The molecule has 0 heterocycles. The van der Waals surface area contributed by atoms with E-state index >= 15 is 0 Å². The van der Waals surface area contributed by atoms with E-state index < -0.39 is 17.7 Å². The molecular weight excluding hydrogens is 337 g/mol. The molecule has 2 aromatic rings. The van der Waals surface area contributed by atoms with Gasteiger partial charge in [-0.15, -0.1) is 0 Å². The van der Waals surface area contributed by atoms with Crippen LogP contribution in [0.25, 0.3) is 11.6 Å². The Labute approximate surface area is 140 Å². The minimum Gasteiger partial charge on any atom is -0.484 e. The van der Waals surface area contributed by atoms with Gasteiger partial charge in [-0.2, -0.15) is 18.4 Å². The topological polar surface area (TPSA) is 76.2 Å². The fourth-order valence-electron chi connectivity index (χ4n) is 1.93. The fourth-order valence-corrected chi connectivity index (χ4v) is 1.93. The van der Waals surface area contributed by atoms with Crippen LogP contribution in [0.4, 0.5) is 18.9 Å². The highest BCUT2D eigenvalue weighted by Crippen LogP contribution is 2.23. The Kier molecular flexibility index (Phi) is 5.39. The predicted molar refractivity (Wildman–Crippen MR) is 84.6 cm³/mol. The molecular formula is C17H11F3N2O3. The summed E-state index contributed by atoms with van der Waals surface area (Å²) in [6, 6.07) is 13.2. The average Bonchev–Trinajstić information content (AvgIpc) is 2.58. The second-order valence-corrected chi connectivity index (χ2v) is 4.95. The number of non-ortho nitro benzene ring substituents is 1. The molecule has 2 aromatic carbocycles. The molecule has 0 saturated heterocycles. The first kappa shape index (κ1) is 18.0. The van der Waals surface area contributed by atoms with Crippen molar-refractivity contribution in [1.82, 2.24) is 0 Å². The average molecular weight is 348 g/mol. The molecule has 0 bridgehead atoms. The lowest BCUT2D eigenvalue weighted by Crippen LogP contribution is -2.19. The Balaban J connectivity index is 2.16. The van der Waals surface area contributed by atoms with Crippen LogP contribution in [-0.4, -0.2) is 17.7 Å². The van der Waals surface area contributed by atoms with Gasteiger partial charge < -0.3 is 4.74 Å². The summed E-state index contributed by atoms with van der Waals surface area (Å²) in [6.07, 6.45) is -2.89. The molecule has 2 rings (SSSR count). The third-order valence-electron chi connectivity index (χ3n) is 3.10. The Morgan fingerprint density at radius 3 is 2.24 bits per heavy atom. The molecule has 0 atom stereocenters. The minimum atomic E-state index is -4.41. The highest BCUT2D eigenvalue weighted by molar-refractivity contribution is 5.89. The first-order chi connectivity index (χ1) is 11.8. The van der Waals surface area contributed by atoms with E-state index in [-0.39, 0.29) is 17.0 Å². The Hall–Kier alpha value is -3.34. The number of ether oxygens (including phenoxy) is 1. The second kappa shape index (κ2) is 7.49. The molecule has 0 amide bonds. The van der Waals surface area contributed by atoms with Crippen molar-refractivity contribution < 1.29 is 22.8 Å². The molecule has 0 radical (unpaired) electrons. The number of halogens is 3. The van der Waals surface area contributed by atoms with Crippen molar-refractivity contribution in [2.45, 2.75) is 6.18 Å². The summed E-state index contributed by atoms with van der Waals surface area (Å²) < 4.78 is 40.9. The van der Waals surface area contributed by atoms with Crippen LogP contribution in [-0.2, 0) is 0 Å². The first-order valence-corrected chi connectivity index (χ1v) is 6.95. The summed E-state index contributed by atoms with van der Waals surface area (Å²) in [7, 11) is 0. The normalized spacial score (nSPS) is 11.7. The molecule has 5 nitrogen and oxygen atoms in total. The van der Waals surface area contributed by atoms with Crippen LogP contribution in [0.2, 0.25) is 0 Å². The summed E-state index contributed by atoms with van der Waals surface area (Å²) in [4.78, 5) is 10.1. The smallest absolute Gasteiger partial charge is 0.422 e. The number of hydrogen-bond donors (Lipinski definition) is 0. The molecule has 0 N–H and O–H groups in total. The van der Waals surface area contributed by atoms with Crippen molar-refractivity contribution in [3.05, 3.63) is 69.8 Å². The number of hydrogen-bond acceptors (Lipinski definition) is 4. The fraction of sp³-hybridized carbons (Fsp3) is 0.118. The van der Waals surface area contributed by atoms with Gasteiger partial charge in [-0.1, -0.05) is 12.1 Å². The maximum atomic E-state index is 12.1. The molecule has 25 heavy (non-hydrogen) atoms. The largest absolute Gasteiger partial charge is 0.484 e. The second-order valence-electron chi connectivity index (χ2n) is 4.95. The van der Waals surface area contributed by atoms with Crippen molar-refractivity contribution in [3.63, 3.8) is 0 Å². The highest BCUT2D eigenvalue weighted by Gasteiger charge is 2.28. The van der Waals surface area contributed by atoms with Crippen molar-refractivity contribution in [2.24, 2.45) is 0 Å². The number of benzene rings is 2. The lowest BCUT2D eigenvalue weighted by Gasteiger charge is -2.09. The maximum Gasteiger partial charge on any atom is 0.422 e. The van der Waals surface area contributed by atoms with Crippen LogP contribution in [0.15, 0.2) is 48.5 Å². The third-order valence-corrected chi connectivity index (χ3v) is 3.10. The molecule has 0 aliphatic heterocycles. The monoisotopic (exact) mass is 348 g/mol. The maximum absolute atomic E-state index is 12.1. The van der Waals surface area contributed by atoms with E-state index in [1.807, 2.05) is 6.07 Å². The number of alkyl halides is 3. The van der Waals surface area contributed by atoms with Gasteiger partial charge in [-0.25, -0.2) is 0 Å². The van der Waals surface area contributed by atoms with E-state index in [2.05, 4.69) is 4.74 Å². The van der Waals surface area contributed by atoms with Gasteiger partial charge in [0.05, 0.1) is 16.6 Å². The zero-order valence-corrected chi connectivity index (χ0v) is 12.7. The quantitative estimate of drug-likeness (QED) is 0.342. The highest BCUT2D eigenvalue weighted by atomic mass is 19.4. The van der Waals surface area contributed by atoms with E-state index in [4.69, 9.17) is 0 Å². The van der Waals surface area contributed by atoms with Gasteiger partial charge in [0.15, 0.2) is 6.61 Å². The van der Waals surface area contributed by atoms with E-state index in [9.17, 15) is 28.5 Å². The SMILES string of the molecule is N#C/C(=C/c1ccc(OCC(F)(F)F)cc1)c1ccc([N+](=O)[O-])cc1. The minimum absolute atomic E-state index is 0.0586. The van der Waals surface area contributed by atoms with Crippen LogP contribution >= 0.6 is 0 Å². The van der Waals surface area contributed by atoms with Crippen molar-refractivity contribution in [3.8, 4) is 11.8 Å². The van der Waals surface area contributed by atoms with E-state index in [1.54, 1.807) is 0 Å². The molecule has 0 aliphatic rings. The molecule has 0 fully saturated rings. The molecule has 0 spiro atoms. The van der Waals surface area contributed by atoms with E-state index in [1.165, 1.54) is 54.6 Å². The summed E-state index contributed by atoms with van der Waals surface area (Å²) in [5, 5.41) is 19.9. The first-order valence-electron chi connectivity index (χ1n) is 6.95. The standard InChI is InChI=1S/C17H11F3N2O3/c18-17(19,20)11-25-16-7-1-12(2-8-16)9-14(10-21)13-3-5-15(6-4-13)22(23)24/h1-9H,11H2/b14-9-. The predicted octanol–water partition coefficient (Wildman–Crippen LogP) is 4.60. The van der Waals surface area contributed by atoms with Crippen LogP contribution in [0.1, 0.15) is 11.1 Å². The van der Waals surface area contributed by atoms with Crippen molar-refractivity contribution in [1.29, 1.82) is 5.26 Å². The Morgan fingerprint density at radius 1 is 1.16 bits per heavy atom. The molecule has 0 aromatic heterocycles. The molecule has 8 heteroatoms. The number of nitrogens with zero attached hydrogens (tertiary/aromatic N) is 2. The van der Waals surface area contributed by atoms with Crippen molar-refractivity contribution >= 4 is 17.3 Å². The van der Waals surface area contributed by atoms with Gasteiger partial charge in [0, 0.05) is 12.1 Å². The number of nitro benzene ring substituents is 1. The number of nitriles is 1. The molecule has 128 valence electrons. The zero-order valence-electron chi connectivity index (χ0n) is 12.7. The van der Waals surface area contributed by atoms with Crippen LogP contribution < -0.4 is 4.74 Å². The van der Waals surface area contributed by atoms with E-state index in [0.717, 1.165) is 0 Å². The molecule has 0 unspecified atom stereocenters. The van der Waals surface area contributed by atoms with E-state index in [0.29, 0.717) is 11.1 Å². The number of rotatable bonds is 5. The summed E-state index contributed by atoms with van der Waals surface area (Å²) >= 11 is 0. The zero-order chi connectivity index (χ0) is 18.4. The van der Waals surface area contributed by atoms with Gasteiger partial charge in [0.1, 0.15) is 5.75 Å². The number of allylic oxidation sites excluding steroid dienone is 1. The summed E-state index contributed by atoms with van der Waals surface area (Å²) in [6.45, 7) is -1.38. The Bertz CT molecular complexity index is 820. The van der Waals surface area contributed by atoms with Crippen LogP contribution in [0, 0.1) is 21.4 Å². The van der Waals surface area contributed by atoms with Gasteiger partial charge >= 0.3 is 6.18 Å². The van der Waals surface area contributed by atoms with Gasteiger partial charge in [-0.05, 0) is 41.5 Å². The lowest BCUT2D eigenvalue weighted by atomic mass is 10.0. The third kappa shape index (κ3) is 5.35. The van der Waals surface area contributed by atoms with Gasteiger partial charge in [0.2, 0.25) is 0 Å². The van der Waals surface area contributed by atoms with Gasteiger partial charge in [0.25, 0.3) is 5.69 Å². The molecule has 0 aliphatic carbocycles. The van der Waals surface area contributed by atoms with Gasteiger partial charge in [-0.3, -0.25) is 10.1 Å². The van der Waals surface area contributed by atoms with Crippen LogP contribution in [0.3, 0.4) is 0 Å². The Morgan fingerprint density at radius 2 is 1.76 bits per heavy atom.